The summed E-state index contributed by atoms with van der Waals surface area (Å²) in [4.78, 5) is 46.1. The van der Waals surface area contributed by atoms with Crippen LogP contribution in [0.2, 0.25) is 5.02 Å². The van der Waals surface area contributed by atoms with E-state index < -0.39 is 15.9 Å². The lowest BCUT2D eigenvalue weighted by molar-refractivity contribution is 0.0734. The normalized spacial score (nSPS) is 13.0. The molecule has 1 N–H and O–H groups in total. The Kier molecular flexibility index (Phi) is 11.3. The second kappa shape index (κ2) is 16.2. The Balaban J connectivity index is 1.27. The first-order valence-electron chi connectivity index (χ1n) is 19.4. The Bertz CT molecular complexity index is 2680. The van der Waals surface area contributed by atoms with Crippen LogP contribution >= 0.6 is 11.6 Å². The molecule has 0 spiro atoms. The van der Waals surface area contributed by atoms with Crippen molar-refractivity contribution < 1.29 is 22.8 Å². The number of carbonyl (C=O) groups excluding carboxylic acids is 3. The molecule has 1 aromatic heterocycles. The minimum Gasteiger partial charge on any atom is -0.334 e. The van der Waals surface area contributed by atoms with Crippen LogP contribution < -0.4 is 9.62 Å². The van der Waals surface area contributed by atoms with Crippen LogP contribution in [0.3, 0.4) is 0 Å². The lowest BCUT2D eigenvalue weighted by Gasteiger charge is -2.29. The molecule has 0 saturated heterocycles. The van der Waals surface area contributed by atoms with Gasteiger partial charge in [0.05, 0.1) is 26.9 Å². The van der Waals surface area contributed by atoms with Gasteiger partial charge in [0.2, 0.25) is 0 Å². The highest BCUT2D eigenvalue weighted by atomic mass is 35.5. The third-order valence-corrected chi connectivity index (χ3v) is 12.4. The van der Waals surface area contributed by atoms with E-state index in [0.717, 1.165) is 40.6 Å². The van der Waals surface area contributed by atoms with Crippen molar-refractivity contribution in [3.63, 3.8) is 0 Å². The number of nitrogens with one attached hydrogen (secondary N) is 1. The molecule has 0 saturated carbocycles. The fourth-order valence-corrected chi connectivity index (χ4v) is 8.44. The fourth-order valence-electron chi connectivity index (χ4n) is 7.23. The predicted octanol–water partition coefficient (Wildman–Crippen LogP) is 9.05. The van der Waals surface area contributed by atoms with Crippen LogP contribution in [0, 0.1) is 6.92 Å². The van der Waals surface area contributed by atoms with Gasteiger partial charge in [-0.25, -0.2) is 17.8 Å². The number of unbranched alkanes of at least 4 members (excludes halogenated alkanes) is 1. The van der Waals surface area contributed by atoms with E-state index in [4.69, 9.17) is 16.7 Å². The number of sulfonamides is 1. The topological polar surface area (TPSA) is 122 Å². The largest absolute Gasteiger partial charge is 0.334 e. The molecule has 0 bridgehead atoms. The molecule has 2 heterocycles. The fraction of sp³-hybridized carbons (Fsp3) is 0.261. The Morgan fingerprint density at radius 3 is 2.33 bits per heavy atom. The average Bonchev–Trinajstić information content (AvgIpc) is 3.52. The molecule has 58 heavy (non-hydrogen) atoms. The Labute approximate surface area is 344 Å². The van der Waals surface area contributed by atoms with Crippen molar-refractivity contribution in [2.24, 2.45) is 0 Å². The van der Waals surface area contributed by atoms with E-state index in [1.807, 2.05) is 60.7 Å². The van der Waals surface area contributed by atoms with Crippen molar-refractivity contribution in [3.05, 3.63) is 153 Å². The van der Waals surface area contributed by atoms with E-state index in [0.29, 0.717) is 37.1 Å². The zero-order valence-corrected chi connectivity index (χ0v) is 34.8. The lowest BCUT2D eigenvalue weighted by Crippen LogP contribution is -2.37. The van der Waals surface area contributed by atoms with Gasteiger partial charge in [0.15, 0.2) is 5.69 Å². The quantitative estimate of drug-likeness (QED) is 0.147. The first-order valence-corrected chi connectivity index (χ1v) is 21.3. The molecule has 0 aliphatic carbocycles. The van der Waals surface area contributed by atoms with E-state index in [9.17, 15) is 22.8 Å². The second-order valence-electron chi connectivity index (χ2n) is 15.7. The molecule has 7 rings (SSSR count). The van der Waals surface area contributed by atoms with Crippen LogP contribution in [0.1, 0.15) is 94.1 Å². The highest BCUT2D eigenvalue weighted by molar-refractivity contribution is 7.90. The van der Waals surface area contributed by atoms with Gasteiger partial charge in [-0.1, -0.05) is 112 Å². The van der Waals surface area contributed by atoms with Crippen molar-refractivity contribution in [3.8, 4) is 5.69 Å². The number of hydrogen-bond acceptors (Lipinski definition) is 6. The minimum atomic E-state index is -4.29. The smallest absolute Gasteiger partial charge is 0.280 e. The molecule has 0 atom stereocenters. The van der Waals surface area contributed by atoms with Crippen molar-refractivity contribution in [2.45, 2.75) is 70.7 Å². The van der Waals surface area contributed by atoms with Gasteiger partial charge in [0.25, 0.3) is 27.7 Å². The minimum absolute atomic E-state index is 0.0185. The zero-order chi connectivity index (χ0) is 41.4. The van der Waals surface area contributed by atoms with Crippen molar-refractivity contribution in [1.29, 1.82) is 0 Å². The second-order valence-corrected chi connectivity index (χ2v) is 17.8. The third kappa shape index (κ3) is 8.14. The summed E-state index contributed by atoms with van der Waals surface area (Å²) in [5.41, 5.74) is 4.57. The van der Waals surface area contributed by atoms with E-state index in [-0.39, 0.29) is 49.7 Å². The maximum absolute atomic E-state index is 14.6. The van der Waals surface area contributed by atoms with Gasteiger partial charge in [-0.05, 0) is 95.1 Å². The molecule has 1 aliphatic rings. The monoisotopic (exact) mass is 815 g/mol. The van der Waals surface area contributed by atoms with E-state index in [1.54, 1.807) is 34.9 Å². The maximum Gasteiger partial charge on any atom is 0.280 e. The molecule has 298 valence electrons. The Morgan fingerprint density at radius 2 is 1.59 bits per heavy atom. The van der Waals surface area contributed by atoms with Crippen LogP contribution in [0.4, 0.5) is 5.69 Å². The number of benzene rings is 5. The van der Waals surface area contributed by atoms with E-state index in [1.165, 1.54) is 35.0 Å². The predicted molar refractivity (Wildman–Crippen MR) is 229 cm³/mol. The molecule has 0 radical (unpaired) electrons. The van der Waals surface area contributed by atoms with Gasteiger partial charge in [-0.15, -0.1) is 0 Å². The summed E-state index contributed by atoms with van der Waals surface area (Å²) >= 11 is 6.96. The number of halogens is 1. The molecule has 6 aromatic rings. The standard InChI is InChI=1S/C46H46ClN5O5S/c1-6-7-24-51(37-18-12-17-36(28-37)46(3,4)5)45(55)42-41(47)30(2)52(48-42)40-22-20-34(27-39(40)44(54)50-25-23-32-14-9-11-16-35(32)29-50)43(53)49-58(56,57)38-21-19-31-13-8-10-15-33(31)26-38/h8-22,26-28H,6-7,23-25,29H2,1-5H3,(H,49,53). The van der Waals surface area contributed by atoms with Gasteiger partial charge >= 0.3 is 0 Å². The van der Waals surface area contributed by atoms with Gasteiger partial charge in [0, 0.05) is 30.9 Å². The number of amides is 3. The molecular formula is C46H46ClN5O5S. The number of anilines is 1. The van der Waals surface area contributed by atoms with Crippen LogP contribution in [0.25, 0.3) is 16.5 Å². The number of hydrogen-bond donors (Lipinski definition) is 1. The van der Waals surface area contributed by atoms with Crippen molar-refractivity contribution in [1.82, 2.24) is 19.4 Å². The summed E-state index contributed by atoms with van der Waals surface area (Å²) in [6.45, 7) is 11.3. The molecule has 1 aliphatic heterocycles. The summed E-state index contributed by atoms with van der Waals surface area (Å²) < 4.78 is 30.6. The van der Waals surface area contributed by atoms with Gasteiger partial charge in [0.1, 0.15) is 0 Å². The molecule has 0 fully saturated rings. The highest BCUT2D eigenvalue weighted by Gasteiger charge is 2.31. The lowest BCUT2D eigenvalue weighted by atomic mass is 9.87. The molecule has 3 amide bonds. The number of carbonyl (C=O) groups is 3. The van der Waals surface area contributed by atoms with Crippen molar-refractivity contribution in [2.75, 3.05) is 18.0 Å². The number of nitrogens with zero attached hydrogens (tertiary/aromatic N) is 4. The Morgan fingerprint density at radius 1 is 0.862 bits per heavy atom. The first kappa shape index (κ1) is 40.4. The average molecular weight is 816 g/mol. The third-order valence-electron chi connectivity index (χ3n) is 10.6. The molecule has 0 unspecified atom stereocenters. The first-order chi connectivity index (χ1) is 27.7. The maximum atomic E-state index is 14.6. The van der Waals surface area contributed by atoms with Crippen LogP contribution in [0.15, 0.2) is 114 Å². The van der Waals surface area contributed by atoms with Gasteiger partial charge in [-0.2, -0.15) is 5.10 Å². The molecule has 10 nitrogen and oxygen atoms in total. The number of rotatable bonds is 10. The van der Waals surface area contributed by atoms with E-state index in [2.05, 4.69) is 32.4 Å². The highest BCUT2D eigenvalue weighted by Crippen LogP contribution is 2.32. The zero-order valence-electron chi connectivity index (χ0n) is 33.3. The van der Waals surface area contributed by atoms with Crippen LogP contribution in [-0.4, -0.2) is 53.9 Å². The van der Waals surface area contributed by atoms with Crippen LogP contribution in [-0.2, 0) is 28.4 Å². The summed E-state index contributed by atoms with van der Waals surface area (Å²) in [5, 5.41) is 6.45. The number of aromatic nitrogens is 2. The van der Waals surface area contributed by atoms with Crippen LogP contribution in [0.5, 0.6) is 0 Å². The Hall–Kier alpha value is -5.78. The molecule has 5 aromatic carbocycles. The van der Waals surface area contributed by atoms with Gasteiger partial charge in [-0.3, -0.25) is 14.4 Å². The van der Waals surface area contributed by atoms with Crippen molar-refractivity contribution >= 4 is 55.8 Å². The van der Waals surface area contributed by atoms with Gasteiger partial charge < -0.3 is 9.80 Å². The summed E-state index contributed by atoms with van der Waals surface area (Å²) in [7, 11) is -4.29. The SMILES string of the molecule is CCCCN(C(=O)c1nn(-c2ccc(C(=O)NS(=O)(=O)c3ccc4ccccc4c3)cc2C(=O)N2CCc3ccccc3C2)c(C)c1Cl)c1cccc(C(C)(C)C)c1. The summed E-state index contributed by atoms with van der Waals surface area (Å²) in [6.07, 6.45) is 2.25. The van der Waals surface area contributed by atoms with E-state index >= 15 is 0 Å². The summed E-state index contributed by atoms with van der Waals surface area (Å²) in [6, 6.07) is 32.1. The number of fused-ring (bicyclic) bond motifs is 2. The molecule has 12 heteroatoms. The molecular weight excluding hydrogens is 770 g/mol. The summed E-state index contributed by atoms with van der Waals surface area (Å²) in [5.74, 6) is -1.69.